The predicted octanol–water partition coefficient (Wildman–Crippen LogP) is 4.07. The summed E-state index contributed by atoms with van der Waals surface area (Å²) in [5.74, 6) is 0. The highest BCUT2D eigenvalue weighted by Gasteiger charge is 2.20. The van der Waals surface area contributed by atoms with Crippen LogP contribution in [0, 0.1) is 10.1 Å². The lowest BCUT2D eigenvalue weighted by atomic mass is 10.0. The average Bonchev–Trinajstić information content (AvgIpc) is 2.93. The Hall–Kier alpha value is -1.79. The number of carbonyl (C=O) groups is 1. The Labute approximate surface area is 169 Å². The van der Waals surface area contributed by atoms with Crippen molar-refractivity contribution in [2.75, 3.05) is 26.2 Å². The highest BCUT2D eigenvalue weighted by molar-refractivity contribution is 5.57. The van der Waals surface area contributed by atoms with Crippen molar-refractivity contribution in [3.8, 4) is 0 Å². The summed E-state index contributed by atoms with van der Waals surface area (Å²) in [6, 6.07) is 7.41. The number of unbranched alkanes of at least 4 members (excludes halogenated alkanes) is 1. The van der Waals surface area contributed by atoms with Crippen LogP contribution < -0.4 is 0 Å². The van der Waals surface area contributed by atoms with Gasteiger partial charge in [-0.05, 0) is 70.8 Å². The van der Waals surface area contributed by atoms with Crippen molar-refractivity contribution in [2.45, 2.75) is 70.9 Å². The molecule has 1 aromatic carbocycles. The Bertz CT molecular complexity index is 606. The number of nitrogens with zero attached hydrogens (tertiary/aromatic N) is 3. The van der Waals surface area contributed by atoms with Crippen molar-refractivity contribution in [2.24, 2.45) is 0 Å². The molecule has 2 atom stereocenters. The first kappa shape index (κ1) is 22.5. The van der Waals surface area contributed by atoms with E-state index in [1.807, 2.05) is 12.1 Å². The predicted molar refractivity (Wildman–Crippen MR) is 113 cm³/mol. The van der Waals surface area contributed by atoms with E-state index in [-0.39, 0.29) is 16.7 Å². The quantitative estimate of drug-likeness (QED) is 0.247. The molecule has 156 valence electrons. The maximum atomic E-state index is 11.3. The van der Waals surface area contributed by atoms with Gasteiger partial charge in [0.15, 0.2) is 0 Å². The molecule has 2 rings (SSSR count). The maximum absolute atomic E-state index is 11.3. The number of nitro benzene ring substituents is 1. The lowest BCUT2D eigenvalue weighted by molar-refractivity contribution is -0.384. The van der Waals surface area contributed by atoms with Crippen LogP contribution in [0.4, 0.5) is 5.69 Å². The van der Waals surface area contributed by atoms with Crippen LogP contribution in [0.1, 0.15) is 57.9 Å². The number of carbonyl (C=O) groups excluding carboxylic acids is 1. The second-order valence-corrected chi connectivity index (χ2v) is 7.90. The van der Waals surface area contributed by atoms with Crippen molar-refractivity contribution >= 4 is 12.0 Å². The molecule has 28 heavy (non-hydrogen) atoms. The van der Waals surface area contributed by atoms with Gasteiger partial charge in [-0.3, -0.25) is 15.0 Å². The Morgan fingerprint density at radius 2 is 2.00 bits per heavy atom. The molecule has 0 aliphatic carbocycles. The number of rotatable bonds is 11. The van der Waals surface area contributed by atoms with Gasteiger partial charge in [-0.1, -0.05) is 31.9 Å². The largest absolute Gasteiger partial charge is 0.302 e. The fourth-order valence-electron chi connectivity index (χ4n) is 4.17. The molecule has 0 bridgehead atoms. The van der Waals surface area contributed by atoms with Crippen molar-refractivity contribution in [3.63, 3.8) is 0 Å². The van der Waals surface area contributed by atoms with Crippen LogP contribution in [-0.4, -0.2) is 59.3 Å². The van der Waals surface area contributed by atoms with E-state index in [1.165, 1.54) is 19.3 Å². The Morgan fingerprint density at radius 3 is 2.64 bits per heavy atom. The van der Waals surface area contributed by atoms with Crippen LogP contribution in [-0.2, 0) is 11.2 Å². The zero-order valence-corrected chi connectivity index (χ0v) is 17.4. The van der Waals surface area contributed by atoms with E-state index in [4.69, 9.17) is 0 Å². The molecule has 6 nitrogen and oxygen atoms in total. The summed E-state index contributed by atoms with van der Waals surface area (Å²) in [7, 11) is 0. The first-order valence-corrected chi connectivity index (χ1v) is 10.7. The van der Waals surface area contributed by atoms with Gasteiger partial charge in [0.2, 0.25) is 0 Å². The number of nitro groups is 1. The summed E-state index contributed by atoms with van der Waals surface area (Å²) in [5, 5.41) is 10.8. The zero-order chi connectivity index (χ0) is 20.4. The van der Waals surface area contributed by atoms with Crippen LogP contribution in [0.2, 0.25) is 0 Å². The van der Waals surface area contributed by atoms with Crippen LogP contribution >= 0.6 is 0 Å². The topological polar surface area (TPSA) is 66.7 Å². The van der Waals surface area contributed by atoms with E-state index in [2.05, 4.69) is 23.6 Å². The lowest BCUT2D eigenvalue weighted by Gasteiger charge is -2.29. The van der Waals surface area contributed by atoms with Crippen LogP contribution in [0.15, 0.2) is 24.3 Å². The van der Waals surface area contributed by atoms with E-state index < -0.39 is 0 Å². The minimum Gasteiger partial charge on any atom is -0.302 e. The highest BCUT2D eigenvalue weighted by atomic mass is 16.6. The van der Waals surface area contributed by atoms with Crippen molar-refractivity contribution in [3.05, 3.63) is 39.9 Å². The van der Waals surface area contributed by atoms with E-state index in [0.717, 1.165) is 63.7 Å². The summed E-state index contributed by atoms with van der Waals surface area (Å²) in [5.41, 5.74) is 1.28. The second kappa shape index (κ2) is 11.9. The van der Waals surface area contributed by atoms with Crippen molar-refractivity contribution < 1.29 is 9.72 Å². The molecule has 1 aromatic rings. The van der Waals surface area contributed by atoms with Gasteiger partial charge in [0.1, 0.15) is 6.29 Å². The average molecular weight is 390 g/mol. The molecule has 0 aromatic heterocycles. The van der Waals surface area contributed by atoms with Gasteiger partial charge < -0.3 is 9.69 Å². The minimum atomic E-state index is -0.356. The molecule has 0 spiro atoms. The third-order valence-electron chi connectivity index (χ3n) is 5.92. The molecule has 0 N–H and O–H groups in total. The van der Waals surface area contributed by atoms with E-state index in [9.17, 15) is 14.9 Å². The normalized spacial score (nSPS) is 19.3. The van der Waals surface area contributed by atoms with Gasteiger partial charge in [-0.2, -0.15) is 0 Å². The number of benzene rings is 1. The first-order valence-electron chi connectivity index (χ1n) is 10.7. The van der Waals surface area contributed by atoms with Gasteiger partial charge in [0, 0.05) is 18.2 Å². The van der Waals surface area contributed by atoms with Gasteiger partial charge in [0.25, 0.3) is 5.69 Å². The summed E-state index contributed by atoms with van der Waals surface area (Å²) in [4.78, 5) is 26.6. The third kappa shape index (κ3) is 6.99. The van der Waals surface area contributed by atoms with E-state index in [1.54, 1.807) is 12.1 Å². The minimum absolute atomic E-state index is 0.117. The highest BCUT2D eigenvalue weighted by Crippen LogP contribution is 2.17. The molecule has 1 fully saturated rings. The molecule has 1 heterocycles. The van der Waals surface area contributed by atoms with Crippen LogP contribution in [0.5, 0.6) is 0 Å². The Balaban J connectivity index is 1.76. The molecule has 0 amide bonds. The number of likely N-dealkylation sites (tertiary alicyclic amines) is 1. The van der Waals surface area contributed by atoms with E-state index in [0.29, 0.717) is 6.04 Å². The third-order valence-corrected chi connectivity index (χ3v) is 5.92. The summed E-state index contributed by atoms with van der Waals surface area (Å²) >= 11 is 0. The number of aldehydes is 1. The molecular formula is C22H35N3O3. The summed E-state index contributed by atoms with van der Waals surface area (Å²) in [6.45, 7) is 8.51. The number of hydrogen-bond donors (Lipinski definition) is 0. The maximum Gasteiger partial charge on any atom is 0.269 e. The summed E-state index contributed by atoms with van der Waals surface area (Å²) < 4.78 is 0. The number of hydrogen-bond acceptors (Lipinski definition) is 5. The van der Waals surface area contributed by atoms with Crippen LogP contribution in [0.25, 0.3) is 0 Å². The molecular weight excluding hydrogens is 354 g/mol. The van der Waals surface area contributed by atoms with Crippen molar-refractivity contribution in [1.29, 1.82) is 0 Å². The van der Waals surface area contributed by atoms with Gasteiger partial charge in [-0.25, -0.2) is 0 Å². The molecule has 0 saturated carbocycles. The molecule has 0 radical (unpaired) electrons. The SMILES string of the molecule is CCN(CCCCN1CCCCCC1C=O)C(C)Cc1ccc([N+](=O)[O-])cc1. The van der Waals surface area contributed by atoms with Gasteiger partial charge in [0.05, 0.1) is 11.0 Å². The fourth-order valence-corrected chi connectivity index (χ4v) is 4.17. The van der Waals surface area contributed by atoms with Crippen molar-refractivity contribution in [1.82, 2.24) is 9.80 Å². The molecule has 1 aliphatic heterocycles. The van der Waals surface area contributed by atoms with Gasteiger partial charge in [-0.15, -0.1) is 0 Å². The number of likely N-dealkylation sites (N-methyl/N-ethyl adjacent to an activating group) is 1. The van der Waals surface area contributed by atoms with E-state index >= 15 is 0 Å². The summed E-state index contributed by atoms with van der Waals surface area (Å²) in [6.07, 6.45) is 8.90. The van der Waals surface area contributed by atoms with Gasteiger partial charge >= 0.3 is 0 Å². The molecule has 1 saturated heterocycles. The standard InChI is InChI=1S/C22H35N3O3/c1-3-23(19(2)17-20-10-12-21(13-11-20)25(27)28)14-7-8-16-24-15-6-4-5-9-22(24)18-26/h10-13,18-19,22H,3-9,14-17H2,1-2H3. The monoisotopic (exact) mass is 389 g/mol. The molecule has 6 heteroatoms. The lowest BCUT2D eigenvalue weighted by Crippen LogP contribution is -2.38. The second-order valence-electron chi connectivity index (χ2n) is 7.90. The number of non-ortho nitro benzene ring substituents is 1. The smallest absolute Gasteiger partial charge is 0.269 e. The molecule has 1 aliphatic rings. The zero-order valence-electron chi connectivity index (χ0n) is 17.4. The first-order chi connectivity index (χ1) is 13.5. The Morgan fingerprint density at radius 1 is 1.25 bits per heavy atom. The molecule has 2 unspecified atom stereocenters. The van der Waals surface area contributed by atoms with Crippen LogP contribution in [0.3, 0.4) is 0 Å². The fraction of sp³-hybridized carbons (Fsp3) is 0.682. The Kier molecular flexibility index (Phi) is 9.58.